The van der Waals surface area contributed by atoms with Gasteiger partial charge in [-0.1, -0.05) is 24.3 Å². The number of aromatic carboxylic acids is 1. The van der Waals surface area contributed by atoms with Crippen molar-refractivity contribution in [3.63, 3.8) is 0 Å². The molecule has 1 aromatic heterocycles. The van der Waals surface area contributed by atoms with Crippen molar-refractivity contribution in [2.45, 2.75) is 20.4 Å². The number of carboxylic acids is 1. The third-order valence-corrected chi connectivity index (χ3v) is 3.04. The van der Waals surface area contributed by atoms with Gasteiger partial charge < -0.3 is 10.4 Å². The molecule has 19 heavy (non-hydrogen) atoms. The number of nitrogens with zero attached hydrogens (tertiary/aromatic N) is 1. The number of nitrogens with one attached hydrogen (secondary N) is 1. The average Bonchev–Trinajstić information content (AvgIpc) is 2.37. The van der Waals surface area contributed by atoms with Crippen LogP contribution in [0.5, 0.6) is 0 Å². The highest BCUT2D eigenvalue weighted by atomic mass is 16.4. The summed E-state index contributed by atoms with van der Waals surface area (Å²) in [4.78, 5) is 15.1. The second-order valence-corrected chi connectivity index (χ2v) is 4.41. The Balaban J connectivity index is 2.11. The summed E-state index contributed by atoms with van der Waals surface area (Å²) < 4.78 is 0. The number of hydrogen-bond acceptors (Lipinski definition) is 3. The lowest BCUT2D eigenvalue weighted by Gasteiger charge is -2.09. The van der Waals surface area contributed by atoms with Crippen LogP contribution >= 0.6 is 0 Å². The number of rotatable bonds is 4. The second-order valence-electron chi connectivity index (χ2n) is 4.41. The first kappa shape index (κ1) is 13.1. The van der Waals surface area contributed by atoms with Crippen molar-refractivity contribution >= 4 is 11.8 Å². The van der Waals surface area contributed by atoms with Crippen molar-refractivity contribution in [1.29, 1.82) is 0 Å². The van der Waals surface area contributed by atoms with Crippen LogP contribution in [-0.2, 0) is 6.54 Å². The molecule has 2 aromatic rings. The third kappa shape index (κ3) is 3.10. The van der Waals surface area contributed by atoms with E-state index in [-0.39, 0.29) is 5.56 Å². The smallest absolute Gasteiger partial charge is 0.337 e. The van der Waals surface area contributed by atoms with Crippen molar-refractivity contribution < 1.29 is 9.90 Å². The Bertz CT molecular complexity index is 609. The Labute approximate surface area is 112 Å². The Hall–Kier alpha value is -2.36. The maximum absolute atomic E-state index is 10.9. The lowest BCUT2D eigenvalue weighted by Crippen LogP contribution is -2.06. The predicted molar refractivity (Wildman–Crippen MR) is 74.4 cm³/mol. The van der Waals surface area contributed by atoms with Crippen LogP contribution in [0.25, 0.3) is 0 Å². The Morgan fingerprint density at radius 2 is 1.95 bits per heavy atom. The van der Waals surface area contributed by atoms with E-state index >= 15 is 0 Å². The van der Waals surface area contributed by atoms with Crippen molar-refractivity contribution in [1.82, 2.24) is 4.98 Å². The maximum Gasteiger partial charge on any atom is 0.337 e. The molecule has 0 amide bonds. The molecule has 0 aliphatic heterocycles. The van der Waals surface area contributed by atoms with Crippen molar-refractivity contribution in [3.05, 3.63) is 58.8 Å². The summed E-state index contributed by atoms with van der Waals surface area (Å²) in [5.74, 6) is -0.263. The van der Waals surface area contributed by atoms with Gasteiger partial charge in [0.2, 0.25) is 0 Å². The number of anilines is 1. The fourth-order valence-electron chi connectivity index (χ4n) is 1.88. The van der Waals surface area contributed by atoms with E-state index in [0.717, 1.165) is 0 Å². The van der Waals surface area contributed by atoms with Crippen LogP contribution in [0.4, 0.5) is 5.82 Å². The quantitative estimate of drug-likeness (QED) is 0.882. The van der Waals surface area contributed by atoms with Crippen molar-refractivity contribution in [2.24, 2.45) is 0 Å². The van der Waals surface area contributed by atoms with Gasteiger partial charge in [0.15, 0.2) is 0 Å². The molecular weight excluding hydrogens is 240 g/mol. The monoisotopic (exact) mass is 256 g/mol. The minimum Gasteiger partial charge on any atom is -0.478 e. The molecule has 1 aromatic carbocycles. The summed E-state index contributed by atoms with van der Waals surface area (Å²) in [5, 5.41) is 12.1. The number of aromatic nitrogens is 1. The number of carboxylic acid groups (broad SMARTS) is 1. The molecule has 2 N–H and O–H groups in total. The lowest BCUT2D eigenvalue weighted by molar-refractivity contribution is 0.0695. The van der Waals surface area contributed by atoms with Crippen LogP contribution in [0.1, 0.15) is 27.2 Å². The van der Waals surface area contributed by atoms with Gasteiger partial charge in [0.25, 0.3) is 0 Å². The largest absolute Gasteiger partial charge is 0.478 e. The van der Waals surface area contributed by atoms with Crippen LogP contribution in [0.3, 0.4) is 0 Å². The summed E-state index contributed by atoms with van der Waals surface area (Å²) in [6.45, 7) is 4.43. The molecule has 0 aliphatic rings. The molecule has 0 fully saturated rings. The molecule has 2 rings (SSSR count). The van der Waals surface area contributed by atoms with E-state index in [1.54, 1.807) is 19.1 Å². The first-order valence-corrected chi connectivity index (χ1v) is 6.07. The molecule has 0 spiro atoms. The zero-order valence-electron chi connectivity index (χ0n) is 11.0. The number of pyridine rings is 1. The molecule has 98 valence electrons. The van der Waals surface area contributed by atoms with E-state index in [9.17, 15) is 4.79 Å². The van der Waals surface area contributed by atoms with Gasteiger partial charge in [0.05, 0.1) is 11.3 Å². The fraction of sp³-hybridized carbons (Fsp3) is 0.200. The summed E-state index contributed by atoms with van der Waals surface area (Å²) in [5.41, 5.74) is 3.17. The van der Waals surface area contributed by atoms with Crippen LogP contribution in [0.2, 0.25) is 0 Å². The topological polar surface area (TPSA) is 62.2 Å². The van der Waals surface area contributed by atoms with E-state index in [4.69, 9.17) is 5.11 Å². The van der Waals surface area contributed by atoms with E-state index in [1.165, 1.54) is 11.1 Å². The molecular formula is C15H16N2O2. The standard InChI is InChI=1S/C15H16N2O2/c1-10-5-3-4-6-12(10)9-16-14-8-7-13(15(18)19)11(2)17-14/h3-8H,9H2,1-2H3,(H,16,17)(H,18,19). The van der Waals surface area contributed by atoms with Gasteiger partial charge >= 0.3 is 5.97 Å². The zero-order valence-corrected chi connectivity index (χ0v) is 11.0. The first-order chi connectivity index (χ1) is 9.08. The summed E-state index contributed by atoms with van der Waals surface area (Å²) >= 11 is 0. The molecule has 0 unspecified atom stereocenters. The highest BCUT2D eigenvalue weighted by Crippen LogP contribution is 2.13. The zero-order chi connectivity index (χ0) is 13.8. The lowest BCUT2D eigenvalue weighted by atomic mass is 10.1. The van der Waals surface area contributed by atoms with Gasteiger partial charge in [-0.05, 0) is 37.1 Å². The van der Waals surface area contributed by atoms with Gasteiger partial charge in [-0.15, -0.1) is 0 Å². The van der Waals surface area contributed by atoms with Gasteiger partial charge in [-0.25, -0.2) is 9.78 Å². The summed E-state index contributed by atoms with van der Waals surface area (Å²) in [7, 11) is 0. The van der Waals surface area contributed by atoms with Crippen LogP contribution in [0, 0.1) is 13.8 Å². The molecule has 4 heteroatoms. The van der Waals surface area contributed by atoms with Crippen LogP contribution < -0.4 is 5.32 Å². The predicted octanol–water partition coefficient (Wildman–Crippen LogP) is 3.01. The van der Waals surface area contributed by atoms with Gasteiger partial charge in [-0.3, -0.25) is 0 Å². The van der Waals surface area contributed by atoms with E-state index in [1.807, 2.05) is 12.1 Å². The van der Waals surface area contributed by atoms with Crippen molar-refractivity contribution in [2.75, 3.05) is 5.32 Å². The third-order valence-electron chi connectivity index (χ3n) is 3.04. The number of benzene rings is 1. The van der Waals surface area contributed by atoms with E-state index < -0.39 is 5.97 Å². The van der Waals surface area contributed by atoms with Crippen molar-refractivity contribution in [3.8, 4) is 0 Å². The molecule has 0 saturated carbocycles. The van der Waals surface area contributed by atoms with Crippen LogP contribution in [-0.4, -0.2) is 16.1 Å². The molecule has 4 nitrogen and oxygen atoms in total. The highest BCUT2D eigenvalue weighted by Gasteiger charge is 2.08. The Kier molecular flexibility index (Phi) is 3.80. The number of hydrogen-bond donors (Lipinski definition) is 2. The van der Waals surface area contributed by atoms with E-state index in [2.05, 4.69) is 29.4 Å². The SMILES string of the molecule is Cc1ccccc1CNc1ccc(C(=O)O)c(C)n1. The molecule has 0 radical (unpaired) electrons. The molecule has 0 aliphatic carbocycles. The minimum atomic E-state index is -0.949. The summed E-state index contributed by atoms with van der Waals surface area (Å²) in [6.07, 6.45) is 0. The molecule has 0 saturated heterocycles. The normalized spacial score (nSPS) is 10.2. The maximum atomic E-state index is 10.9. The Morgan fingerprint density at radius 1 is 1.21 bits per heavy atom. The summed E-state index contributed by atoms with van der Waals surface area (Å²) in [6, 6.07) is 11.4. The van der Waals surface area contributed by atoms with Gasteiger partial charge in [-0.2, -0.15) is 0 Å². The Morgan fingerprint density at radius 3 is 2.58 bits per heavy atom. The molecule has 1 heterocycles. The number of carbonyl (C=O) groups is 1. The average molecular weight is 256 g/mol. The highest BCUT2D eigenvalue weighted by molar-refractivity contribution is 5.89. The van der Waals surface area contributed by atoms with Crippen LogP contribution in [0.15, 0.2) is 36.4 Å². The van der Waals surface area contributed by atoms with Gasteiger partial charge in [0.1, 0.15) is 5.82 Å². The van der Waals surface area contributed by atoms with E-state index in [0.29, 0.717) is 18.1 Å². The fourth-order valence-corrected chi connectivity index (χ4v) is 1.88. The van der Waals surface area contributed by atoms with Gasteiger partial charge in [0, 0.05) is 6.54 Å². The first-order valence-electron chi connectivity index (χ1n) is 6.07. The molecule has 0 atom stereocenters. The molecule has 0 bridgehead atoms. The second kappa shape index (κ2) is 5.52. The minimum absolute atomic E-state index is 0.237. The number of aryl methyl sites for hydroxylation is 2.